The Balaban J connectivity index is 2.16. The molecule has 0 aromatic heterocycles. The van der Waals surface area contributed by atoms with E-state index in [2.05, 4.69) is 53.2 Å². The van der Waals surface area contributed by atoms with E-state index in [1.165, 1.54) is 24.3 Å². The van der Waals surface area contributed by atoms with Crippen molar-refractivity contribution in [3.63, 3.8) is 0 Å². The lowest BCUT2D eigenvalue weighted by Gasteiger charge is -2.28. The third kappa shape index (κ3) is 26.0. The van der Waals surface area contributed by atoms with E-state index in [4.69, 9.17) is 11.5 Å². The zero-order valence-electron chi connectivity index (χ0n) is 48.0. The molecule has 0 aliphatic rings. The lowest BCUT2D eigenvalue weighted by Crippen LogP contribution is -2.60. The Morgan fingerprint density at radius 3 is 1.47 bits per heavy atom. The van der Waals surface area contributed by atoms with Gasteiger partial charge in [-0.25, -0.2) is 4.79 Å². The number of aliphatic hydroxyl groups is 1. The van der Waals surface area contributed by atoms with Gasteiger partial charge in [-0.05, 0) is 73.7 Å². The van der Waals surface area contributed by atoms with Crippen LogP contribution >= 0.6 is 0 Å². The highest BCUT2D eigenvalue weighted by atomic mass is 16.4. The van der Waals surface area contributed by atoms with Crippen LogP contribution in [0.3, 0.4) is 0 Å². The molecule has 28 heteroatoms. The van der Waals surface area contributed by atoms with Crippen LogP contribution < -0.4 is 64.6 Å². The number of aliphatic hydroxyl groups excluding tert-OH is 1. The van der Waals surface area contributed by atoms with Crippen molar-refractivity contribution in [3.05, 3.63) is 65.7 Å². The van der Waals surface area contributed by atoms with E-state index in [-0.39, 0.29) is 18.6 Å². The molecule has 2 rings (SSSR count). The van der Waals surface area contributed by atoms with Gasteiger partial charge in [-0.1, -0.05) is 96.8 Å². The first-order valence-electron chi connectivity index (χ1n) is 27.4. The third-order valence-corrected chi connectivity index (χ3v) is 13.2. The molecule has 0 aliphatic carbocycles. The number of aliphatic carboxylic acids is 2. The van der Waals surface area contributed by atoms with Gasteiger partial charge in [-0.15, -0.1) is 0 Å². The molecular weight excluding hydrogens is 1080 g/mol. The number of hydrogen-bond acceptors (Lipinski definition) is 16. The first-order chi connectivity index (χ1) is 39.1. The molecule has 83 heavy (non-hydrogen) atoms. The van der Waals surface area contributed by atoms with Crippen LogP contribution in [-0.2, 0) is 70.4 Å². The first kappa shape index (κ1) is 70.9. The van der Waals surface area contributed by atoms with Crippen LogP contribution in [0.25, 0.3) is 0 Å². The summed E-state index contributed by atoms with van der Waals surface area (Å²) >= 11 is 0. The van der Waals surface area contributed by atoms with Gasteiger partial charge in [0.25, 0.3) is 0 Å². The number of phenols is 1. The Labute approximate surface area is 481 Å². The SMILES string of the molecule is CCC(C)C(NC(=O)C(N)CCCCN)C(=O)NCC(=O)NC(CCC(=O)O)C(=O)NCC(=O)NC(C(=O)NC(Cc1ccc(O)cc1)C(=O)NCC(=O)NC(C(=O)NC(C(=O)NC(Cc1ccccc1)C(=O)O)C(C)C)C(C)C)C(C)O. The second-order valence-corrected chi connectivity index (χ2v) is 20.8. The molecule has 0 fully saturated rings. The zero-order valence-corrected chi connectivity index (χ0v) is 48.0. The van der Waals surface area contributed by atoms with Crippen LogP contribution in [0.5, 0.6) is 5.75 Å². The van der Waals surface area contributed by atoms with Crippen molar-refractivity contribution in [2.45, 2.75) is 154 Å². The number of nitrogens with two attached hydrogens (primary N) is 2. The molecule has 0 bridgehead atoms. The zero-order chi connectivity index (χ0) is 62.5. The van der Waals surface area contributed by atoms with Crippen molar-refractivity contribution in [2.24, 2.45) is 29.2 Å². The van der Waals surface area contributed by atoms with Crippen LogP contribution in [0.2, 0.25) is 0 Å². The molecule has 0 aliphatic heterocycles. The number of nitrogens with one attached hydrogen (secondary N) is 10. The van der Waals surface area contributed by atoms with E-state index in [0.29, 0.717) is 43.4 Å². The van der Waals surface area contributed by atoms with Crippen molar-refractivity contribution in [1.82, 2.24) is 53.2 Å². The van der Waals surface area contributed by atoms with Gasteiger partial charge in [-0.3, -0.25) is 52.7 Å². The molecule has 0 saturated heterocycles. The van der Waals surface area contributed by atoms with Crippen molar-refractivity contribution >= 4 is 71.0 Å². The minimum absolute atomic E-state index is 0.0341. The maximum absolute atomic E-state index is 13.8. The number of carbonyl (C=O) groups excluding carboxylic acids is 10. The molecular formula is C55H84N12O16. The summed E-state index contributed by atoms with van der Waals surface area (Å²) in [7, 11) is 0. The number of rotatable bonds is 37. The molecule has 460 valence electrons. The van der Waals surface area contributed by atoms with Gasteiger partial charge >= 0.3 is 11.9 Å². The highest BCUT2D eigenvalue weighted by molar-refractivity contribution is 5.98. The van der Waals surface area contributed by atoms with Crippen molar-refractivity contribution in [1.29, 1.82) is 0 Å². The van der Waals surface area contributed by atoms with Gasteiger partial charge in [0.1, 0.15) is 48.0 Å². The largest absolute Gasteiger partial charge is 0.508 e. The van der Waals surface area contributed by atoms with Crippen molar-refractivity contribution in [2.75, 3.05) is 26.2 Å². The normalized spacial score (nSPS) is 14.7. The predicted molar refractivity (Wildman–Crippen MR) is 301 cm³/mol. The number of carbonyl (C=O) groups is 12. The smallest absolute Gasteiger partial charge is 0.326 e. The fraction of sp³-hybridized carbons (Fsp3) is 0.564. The fourth-order valence-corrected chi connectivity index (χ4v) is 8.06. The topological polar surface area (TPSA) is 458 Å². The fourth-order valence-electron chi connectivity index (χ4n) is 8.06. The van der Waals surface area contributed by atoms with E-state index in [0.717, 1.165) is 6.92 Å². The van der Waals surface area contributed by atoms with E-state index >= 15 is 0 Å². The molecule has 2 aromatic carbocycles. The van der Waals surface area contributed by atoms with E-state index < -0.39 is 176 Å². The minimum atomic E-state index is -1.79. The standard InChI is InChI=1S/C55H84N12O16/c1-8-31(6)46(67-48(75)36(57)16-12-13-23-56)51(78)60-26-40(70)61-37(21-22-43(73)74)49(76)58-28-42(72)65-47(32(7)68)54(81)62-38(24-34-17-19-35(69)20-18-34)50(77)59-27-41(71)64-44(29(2)3)53(80)66-45(30(4)5)52(79)63-39(55(82)83)25-33-14-10-9-11-15-33/h9-11,14-15,17-20,29-32,36-39,44-47,68-69H,8,12-13,16,21-28,56-57H2,1-7H3,(H,58,76)(H,59,77)(H,60,78)(H,61,70)(H,62,81)(H,63,79)(H,64,71)(H,65,72)(H,66,80)(H,67,75)(H,73,74)(H,82,83). The summed E-state index contributed by atoms with van der Waals surface area (Å²) in [6.07, 6.45) is -1.03. The van der Waals surface area contributed by atoms with Gasteiger partial charge < -0.3 is 85.1 Å². The molecule has 0 heterocycles. The number of aromatic hydroxyl groups is 1. The summed E-state index contributed by atoms with van der Waals surface area (Å²) < 4.78 is 0. The molecule has 10 atom stereocenters. The number of amides is 10. The summed E-state index contributed by atoms with van der Waals surface area (Å²) in [6, 6.07) is 3.36. The lowest BCUT2D eigenvalue weighted by molar-refractivity contribution is -0.142. The molecule has 18 N–H and O–H groups in total. The number of hydrogen-bond donors (Lipinski definition) is 16. The van der Waals surface area contributed by atoms with E-state index in [1.54, 1.807) is 71.9 Å². The molecule has 10 unspecified atom stereocenters. The Hall–Kier alpha value is -8.24. The quantitative estimate of drug-likeness (QED) is 0.0301. The monoisotopic (exact) mass is 1170 g/mol. The third-order valence-electron chi connectivity index (χ3n) is 13.2. The molecule has 28 nitrogen and oxygen atoms in total. The van der Waals surface area contributed by atoms with Gasteiger partial charge in [0, 0.05) is 19.3 Å². The van der Waals surface area contributed by atoms with Crippen LogP contribution in [0.4, 0.5) is 0 Å². The number of unbranched alkanes of at least 4 members (excludes halogenated alkanes) is 1. The van der Waals surface area contributed by atoms with Gasteiger partial charge in [0.05, 0.1) is 31.8 Å². The minimum Gasteiger partial charge on any atom is -0.508 e. The second-order valence-electron chi connectivity index (χ2n) is 20.8. The van der Waals surface area contributed by atoms with Crippen molar-refractivity contribution < 1.29 is 78.0 Å². The Morgan fingerprint density at radius 2 is 0.952 bits per heavy atom. The van der Waals surface area contributed by atoms with Crippen LogP contribution in [-0.4, -0.2) is 172 Å². The van der Waals surface area contributed by atoms with Gasteiger partial charge in [0.2, 0.25) is 59.1 Å². The average Bonchev–Trinajstić information content (AvgIpc) is 3.45. The molecule has 0 radical (unpaired) electrons. The van der Waals surface area contributed by atoms with E-state index in [9.17, 15) is 78.0 Å². The van der Waals surface area contributed by atoms with E-state index in [1.807, 2.05) is 0 Å². The number of carboxylic acid groups (broad SMARTS) is 2. The maximum Gasteiger partial charge on any atom is 0.326 e. The first-order valence-corrected chi connectivity index (χ1v) is 27.4. The Kier molecular flexibility index (Phi) is 31.0. The molecule has 0 spiro atoms. The summed E-state index contributed by atoms with van der Waals surface area (Å²) in [5.41, 5.74) is 12.5. The molecule has 10 amide bonds. The molecule has 2 aromatic rings. The van der Waals surface area contributed by atoms with Gasteiger partial charge in [-0.2, -0.15) is 0 Å². The summed E-state index contributed by atoms with van der Waals surface area (Å²) in [5.74, 6) is -13.2. The maximum atomic E-state index is 13.8. The lowest BCUT2D eigenvalue weighted by atomic mass is 9.97. The number of benzene rings is 2. The highest BCUT2D eigenvalue weighted by Crippen LogP contribution is 2.14. The number of carboxylic acids is 2. The predicted octanol–water partition coefficient (Wildman–Crippen LogP) is -2.94. The van der Waals surface area contributed by atoms with Crippen LogP contribution in [0.15, 0.2) is 54.6 Å². The Bertz CT molecular complexity index is 2520. The van der Waals surface area contributed by atoms with Crippen molar-refractivity contribution in [3.8, 4) is 5.75 Å². The molecule has 0 saturated carbocycles. The van der Waals surface area contributed by atoms with Gasteiger partial charge in [0.15, 0.2) is 0 Å². The highest BCUT2D eigenvalue weighted by Gasteiger charge is 2.35. The summed E-state index contributed by atoms with van der Waals surface area (Å²) in [6.45, 7) is 9.15. The summed E-state index contributed by atoms with van der Waals surface area (Å²) in [4.78, 5) is 157. The average molecular weight is 1170 g/mol. The van der Waals surface area contributed by atoms with Crippen LogP contribution in [0.1, 0.15) is 98.1 Å². The second kappa shape index (κ2) is 36.3. The number of phenolic OH excluding ortho intramolecular Hbond substituents is 1. The Morgan fingerprint density at radius 1 is 0.494 bits per heavy atom. The van der Waals surface area contributed by atoms with Crippen LogP contribution in [0, 0.1) is 17.8 Å². The summed E-state index contributed by atoms with van der Waals surface area (Å²) in [5, 5.41) is 63.9.